The Morgan fingerprint density at radius 3 is 2.32 bits per heavy atom. The fourth-order valence-electron chi connectivity index (χ4n) is 2.34. The van der Waals surface area contributed by atoms with Gasteiger partial charge in [0.2, 0.25) is 0 Å². The Labute approximate surface area is 145 Å². The Bertz CT molecular complexity index is 668. The van der Waals surface area contributed by atoms with Gasteiger partial charge in [-0.3, -0.25) is 4.79 Å². The molecule has 0 aliphatic carbocycles. The molecule has 0 aromatic heterocycles. The second kappa shape index (κ2) is 6.81. The van der Waals surface area contributed by atoms with Crippen LogP contribution in [0.3, 0.4) is 0 Å². The lowest BCUT2D eigenvalue weighted by Gasteiger charge is -2.35. The number of hydrogen-bond acceptors (Lipinski definition) is 3. The van der Waals surface area contributed by atoms with Gasteiger partial charge in [-0.2, -0.15) is 17.0 Å². The Morgan fingerprint density at radius 1 is 1.18 bits per heavy atom. The molecule has 1 amide bonds. The molecule has 1 heterocycles. The molecule has 1 saturated heterocycles. The molecule has 0 N–H and O–H groups in total. The number of carbonyl (C=O) groups excluding carboxylic acids is 1. The van der Waals surface area contributed by atoms with E-state index in [1.807, 2.05) is 25.1 Å². The molecule has 1 aromatic carbocycles. The topological polar surface area (TPSA) is 60.9 Å². The van der Waals surface area contributed by atoms with Crippen LogP contribution >= 0.6 is 22.6 Å². The van der Waals surface area contributed by atoms with Crippen molar-refractivity contribution in [1.82, 2.24) is 13.5 Å². The van der Waals surface area contributed by atoms with Crippen molar-refractivity contribution >= 4 is 38.7 Å². The molecule has 22 heavy (non-hydrogen) atoms. The number of halogens is 1. The maximum Gasteiger partial charge on any atom is 0.281 e. The third-order valence-corrected chi connectivity index (χ3v) is 7.11. The SMILES string of the molecule is Cc1cccc(C(=O)N2CCN(S(=O)(=O)N(C)C)CC2)c1I. The summed E-state index contributed by atoms with van der Waals surface area (Å²) >= 11 is 2.18. The van der Waals surface area contributed by atoms with Gasteiger partial charge in [0.25, 0.3) is 16.1 Å². The molecule has 0 saturated carbocycles. The first-order chi connectivity index (χ1) is 10.2. The van der Waals surface area contributed by atoms with Crippen molar-refractivity contribution in [3.63, 3.8) is 0 Å². The zero-order valence-corrected chi connectivity index (χ0v) is 15.9. The van der Waals surface area contributed by atoms with Crippen LogP contribution < -0.4 is 0 Å². The number of benzene rings is 1. The van der Waals surface area contributed by atoms with E-state index in [9.17, 15) is 13.2 Å². The Balaban J connectivity index is 2.09. The van der Waals surface area contributed by atoms with E-state index in [-0.39, 0.29) is 5.91 Å². The van der Waals surface area contributed by atoms with Gasteiger partial charge < -0.3 is 4.90 Å². The first-order valence-electron chi connectivity index (χ1n) is 6.97. The monoisotopic (exact) mass is 437 g/mol. The van der Waals surface area contributed by atoms with E-state index in [0.29, 0.717) is 31.7 Å². The highest BCUT2D eigenvalue weighted by Crippen LogP contribution is 2.20. The van der Waals surface area contributed by atoms with Crippen LogP contribution in [0.2, 0.25) is 0 Å². The highest BCUT2D eigenvalue weighted by molar-refractivity contribution is 14.1. The van der Waals surface area contributed by atoms with Crippen molar-refractivity contribution < 1.29 is 13.2 Å². The zero-order valence-electron chi connectivity index (χ0n) is 12.9. The predicted molar refractivity (Wildman–Crippen MR) is 94.0 cm³/mol. The van der Waals surface area contributed by atoms with E-state index >= 15 is 0 Å². The summed E-state index contributed by atoms with van der Waals surface area (Å²) in [6, 6.07) is 5.66. The van der Waals surface area contributed by atoms with E-state index in [1.165, 1.54) is 22.7 Å². The third-order valence-electron chi connectivity index (χ3n) is 3.74. The van der Waals surface area contributed by atoms with Crippen molar-refractivity contribution in [2.75, 3.05) is 40.3 Å². The average Bonchev–Trinajstić information content (AvgIpc) is 2.49. The molecular formula is C14H20IN3O3S. The van der Waals surface area contributed by atoms with Crippen LogP contribution in [0.15, 0.2) is 18.2 Å². The van der Waals surface area contributed by atoms with Crippen LogP contribution in [-0.2, 0) is 10.2 Å². The average molecular weight is 437 g/mol. The van der Waals surface area contributed by atoms with Crippen LogP contribution in [0.25, 0.3) is 0 Å². The molecule has 1 aromatic rings. The minimum absolute atomic E-state index is 0.0324. The molecular weight excluding hydrogens is 417 g/mol. The van der Waals surface area contributed by atoms with Gasteiger partial charge in [-0.05, 0) is 41.1 Å². The second-order valence-electron chi connectivity index (χ2n) is 5.42. The van der Waals surface area contributed by atoms with Crippen molar-refractivity contribution in [2.24, 2.45) is 0 Å². The van der Waals surface area contributed by atoms with Gasteiger partial charge in [-0.15, -0.1) is 0 Å². The summed E-state index contributed by atoms with van der Waals surface area (Å²) in [5, 5.41) is 0. The number of nitrogens with zero attached hydrogens (tertiary/aromatic N) is 3. The van der Waals surface area contributed by atoms with E-state index in [2.05, 4.69) is 22.6 Å². The summed E-state index contributed by atoms with van der Waals surface area (Å²) in [6.07, 6.45) is 0. The van der Waals surface area contributed by atoms with E-state index in [0.717, 1.165) is 9.13 Å². The molecule has 8 heteroatoms. The Morgan fingerprint density at radius 2 is 1.77 bits per heavy atom. The number of rotatable bonds is 3. The minimum atomic E-state index is -3.40. The van der Waals surface area contributed by atoms with Crippen molar-refractivity contribution in [2.45, 2.75) is 6.92 Å². The lowest BCUT2D eigenvalue weighted by molar-refractivity contribution is 0.0694. The van der Waals surface area contributed by atoms with Crippen LogP contribution in [-0.4, -0.2) is 68.1 Å². The standard InChI is InChI=1S/C14H20IN3O3S/c1-11-5-4-6-12(13(11)15)14(19)17-7-9-18(10-8-17)22(20,21)16(2)3/h4-6H,7-10H2,1-3H3. The third kappa shape index (κ3) is 3.44. The van der Waals surface area contributed by atoms with Crippen molar-refractivity contribution in [1.29, 1.82) is 0 Å². The molecule has 0 atom stereocenters. The van der Waals surface area contributed by atoms with Crippen LogP contribution in [0.5, 0.6) is 0 Å². The highest BCUT2D eigenvalue weighted by Gasteiger charge is 2.30. The number of carbonyl (C=O) groups is 1. The van der Waals surface area contributed by atoms with E-state index < -0.39 is 10.2 Å². The largest absolute Gasteiger partial charge is 0.336 e. The van der Waals surface area contributed by atoms with Gasteiger partial charge in [-0.1, -0.05) is 12.1 Å². The van der Waals surface area contributed by atoms with E-state index in [1.54, 1.807) is 4.90 Å². The lowest BCUT2D eigenvalue weighted by Crippen LogP contribution is -2.53. The Kier molecular flexibility index (Phi) is 5.46. The molecule has 2 rings (SSSR count). The summed E-state index contributed by atoms with van der Waals surface area (Å²) in [5.41, 5.74) is 1.75. The number of aryl methyl sites for hydroxylation is 1. The Hall–Kier alpha value is -0.710. The lowest BCUT2D eigenvalue weighted by atomic mass is 10.1. The number of amides is 1. The van der Waals surface area contributed by atoms with E-state index in [4.69, 9.17) is 0 Å². The fourth-order valence-corrected chi connectivity index (χ4v) is 4.01. The summed E-state index contributed by atoms with van der Waals surface area (Å²) in [6.45, 7) is 3.45. The van der Waals surface area contributed by atoms with Gasteiger partial charge in [0.15, 0.2) is 0 Å². The minimum Gasteiger partial charge on any atom is -0.336 e. The van der Waals surface area contributed by atoms with Crippen LogP contribution in [0, 0.1) is 10.5 Å². The molecule has 0 unspecified atom stereocenters. The first kappa shape index (κ1) is 17.6. The molecule has 0 spiro atoms. The summed E-state index contributed by atoms with van der Waals surface area (Å²) in [4.78, 5) is 14.3. The van der Waals surface area contributed by atoms with Gasteiger partial charge >= 0.3 is 0 Å². The summed E-state index contributed by atoms with van der Waals surface area (Å²) in [7, 11) is -0.370. The summed E-state index contributed by atoms with van der Waals surface area (Å²) < 4.78 is 27.7. The maximum absolute atomic E-state index is 12.6. The van der Waals surface area contributed by atoms with Crippen molar-refractivity contribution in [3.05, 3.63) is 32.9 Å². The maximum atomic E-state index is 12.6. The zero-order chi connectivity index (χ0) is 16.5. The molecule has 1 aliphatic heterocycles. The van der Waals surface area contributed by atoms with Gasteiger partial charge in [0, 0.05) is 43.8 Å². The molecule has 122 valence electrons. The number of piperazine rings is 1. The summed E-state index contributed by atoms with van der Waals surface area (Å²) in [5.74, 6) is -0.0324. The first-order valence-corrected chi connectivity index (χ1v) is 9.44. The smallest absolute Gasteiger partial charge is 0.281 e. The van der Waals surface area contributed by atoms with Gasteiger partial charge in [0.1, 0.15) is 0 Å². The molecule has 1 aliphatic rings. The van der Waals surface area contributed by atoms with Crippen LogP contribution in [0.1, 0.15) is 15.9 Å². The molecule has 0 radical (unpaired) electrons. The fraction of sp³-hybridized carbons (Fsp3) is 0.500. The quantitative estimate of drug-likeness (QED) is 0.668. The highest BCUT2D eigenvalue weighted by atomic mass is 127. The van der Waals surface area contributed by atoms with Crippen molar-refractivity contribution in [3.8, 4) is 0 Å². The molecule has 1 fully saturated rings. The number of hydrogen-bond donors (Lipinski definition) is 0. The molecule has 6 nitrogen and oxygen atoms in total. The predicted octanol–water partition coefficient (Wildman–Crippen LogP) is 1.16. The van der Waals surface area contributed by atoms with Crippen LogP contribution in [0.4, 0.5) is 0 Å². The second-order valence-corrected chi connectivity index (χ2v) is 8.64. The van der Waals surface area contributed by atoms with Gasteiger partial charge in [-0.25, -0.2) is 0 Å². The normalized spacial score (nSPS) is 17.0. The molecule has 0 bridgehead atoms. The van der Waals surface area contributed by atoms with Gasteiger partial charge in [0.05, 0.1) is 5.56 Å².